The zero-order valence-corrected chi connectivity index (χ0v) is 20.5. The average molecular weight is 542 g/mol. The molecule has 5 rings (SSSR count). The van der Waals surface area contributed by atoms with E-state index in [9.17, 15) is 47.4 Å². The molecule has 0 amide bonds. The number of nitriles is 4. The van der Waals surface area contributed by atoms with Crippen LogP contribution >= 0.6 is 0 Å². The molecule has 2 aliphatic carbocycles. The van der Waals surface area contributed by atoms with Gasteiger partial charge in [-0.25, -0.2) is 0 Å². The fraction of sp³-hybridized carbons (Fsp3) is 0.133. The van der Waals surface area contributed by atoms with Crippen LogP contribution in [0.4, 0.5) is 26.3 Å². The molecule has 4 nitrogen and oxygen atoms in total. The highest BCUT2D eigenvalue weighted by Crippen LogP contribution is 2.56. The van der Waals surface area contributed by atoms with Crippen LogP contribution in [-0.4, -0.2) is 0 Å². The van der Waals surface area contributed by atoms with Crippen molar-refractivity contribution < 1.29 is 26.3 Å². The summed E-state index contributed by atoms with van der Waals surface area (Å²) in [5.74, 6) is 0. The summed E-state index contributed by atoms with van der Waals surface area (Å²) in [6.45, 7) is 2.86. The maximum Gasteiger partial charge on any atom is 0.417 e. The Kier molecular flexibility index (Phi) is 5.65. The Bertz CT molecular complexity index is 1900. The lowest BCUT2D eigenvalue weighted by atomic mass is 9.92. The Hall–Kier alpha value is -5.32. The van der Waals surface area contributed by atoms with Crippen molar-refractivity contribution >= 4 is 11.1 Å². The Morgan fingerprint density at radius 3 is 1.48 bits per heavy atom. The van der Waals surface area contributed by atoms with Crippen molar-refractivity contribution in [3.05, 3.63) is 92.1 Å². The Labute approximate surface area is 223 Å². The molecule has 2 aliphatic rings. The van der Waals surface area contributed by atoms with Crippen LogP contribution in [0.5, 0.6) is 0 Å². The highest BCUT2D eigenvalue weighted by molar-refractivity contribution is 6.12. The zero-order chi connectivity index (χ0) is 29.3. The van der Waals surface area contributed by atoms with Crippen molar-refractivity contribution in [2.24, 2.45) is 0 Å². The lowest BCUT2D eigenvalue weighted by Crippen LogP contribution is -2.08. The number of rotatable bonds is 0. The van der Waals surface area contributed by atoms with Gasteiger partial charge in [0.2, 0.25) is 0 Å². The third kappa shape index (κ3) is 3.66. The molecular formula is C30H12F6N4. The summed E-state index contributed by atoms with van der Waals surface area (Å²) < 4.78 is 83.9. The maximum atomic E-state index is 14.3. The van der Waals surface area contributed by atoms with Gasteiger partial charge < -0.3 is 0 Å². The molecule has 10 heteroatoms. The number of halogens is 6. The monoisotopic (exact) mass is 542 g/mol. The molecule has 3 aromatic rings. The molecule has 0 aromatic heterocycles. The normalized spacial score (nSPS) is 12.8. The van der Waals surface area contributed by atoms with Crippen LogP contribution < -0.4 is 0 Å². The van der Waals surface area contributed by atoms with Crippen LogP contribution in [0, 0.1) is 59.2 Å². The third-order valence-corrected chi connectivity index (χ3v) is 6.97. The maximum absolute atomic E-state index is 14.3. The molecule has 3 aromatic carbocycles. The van der Waals surface area contributed by atoms with E-state index in [4.69, 9.17) is 0 Å². The van der Waals surface area contributed by atoms with E-state index in [2.05, 4.69) is 0 Å². The van der Waals surface area contributed by atoms with Gasteiger partial charge in [0, 0.05) is 16.7 Å². The van der Waals surface area contributed by atoms with E-state index in [1.807, 2.05) is 0 Å². The molecule has 0 saturated carbocycles. The standard InChI is InChI=1S/C30H12F6N4/c1-13-3-22-26(15(9-37)10-38)20-7-18-19(8-21(20)28(22)24(4-13)30(34,35)36)27(16(11-39)12-40)23-6-17(29(31,32)33)5-14(2)25(18)23/h3-8H,1-2H3. The second kappa shape index (κ2) is 8.60. The molecule has 0 heterocycles. The van der Waals surface area contributed by atoms with Gasteiger partial charge in [0.1, 0.15) is 35.4 Å². The van der Waals surface area contributed by atoms with Gasteiger partial charge in [0.15, 0.2) is 0 Å². The Morgan fingerprint density at radius 2 is 1.02 bits per heavy atom. The molecule has 0 spiro atoms. The van der Waals surface area contributed by atoms with E-state index in [-0.39, 0.29) is 66.8 Å². The van der Waals surface area contributed by atoms with Crippen molar-refractivity contribution in [1.82, 2.24) is 0 Å². The number of fused-ring (bicyclic) bond motifs is 6. The van der Waals surface area contributed by atoms with Gasteiger partial charge in [-0.05, 0) is 94.3 Å². The second-order valence-corrected chi connectivity index (χ2v) is 9.34. The predicted octanol–water partition coefficient (Wildman–Crippen LogP) is 8.00. The van der Waals surface area contributed by atoms with Crippen LogP contribution in [-0.2, 0) is 12.4 Å². The molecule has 0 radical (unpaired) electrons. The van der Waals surface area contributed by atoms with Gasteiger partial charge in [0.05, 0.1) is 11.1 Å². The average Bonchev–Trinajstić information content (AvgIpc) is 3.35. The van der Waals surface area contributed by atoms with Crippen LogP contribution in [0.2, 0.25) is 0 Å². The first-order valence-electron chi connectivity index (χ1n) is 11.5. The summed E-state index contributed by atoms with van der Waals surface area (Å²) in [4.78, 5) is 0. The number of nitrogens with zero attached hydrogens (tertiary/aromatic N) is 4. The predicted molar refractivity (Wildman–Crippen MR) is 131 cm³/mol. The molecule has 0 N–H and O–H groups in total. The molecule has 0 bridgehead atoms. The fourth-order valence-electron chi connectivity index (χ4n) is 5.53. The van der Waals surface area contributed by atoms with Crippen LogP contribution in [0.3, 0.4) is 0 Å². The summed E-state index contributed by atoms with van der Waals surface area (Å²) in [7, 11) is 0. The summed E-state index contributed by atoms with van der Waals surface area (Å²) in [6.07, 6.45) is -9.57. The summed E-state index contributed by atoms with van der Waals surface area (Å²) >= 11 is 0. The van der Waals surface area contributed by atoms with Crippen LogP contribution in [0.1, 0.15) is 44.5 Å². The lowest BCUT2D eigenvalue weighted by Gasteiger charge is -2.15. The van der Waals surface area contributed by atoms with Gasteiger partial charge in [-0.2, -0.15) is 47.4 Å². The minimum atomic E-state index is -4.83. The first-order valence-corrected chi connectivity index (χ1v) is 11.5. The van der Waals surface area contributed by atoms with Crippen LogP contribution in [0.25, 0.3) is 33.4 Å². The first kappa shape index (κ1) is 26.3. The van der Waals surface area contributed by atoms with E-state index in [1.54, 1.807) is 24.3 Å². The zero-order valence-electron chi connectivity index (χ0n) is 20.5. The molecular weight excluding hydrogens is 530 g/mol. The Balaban J connectivity index is 2.00. The van der Waals surface area contributed by atoms with Crippen molar-refractivity contribution in [3.8, 4) is 46.5 Å². The van der Waals surface area contributed by atoms with E-state index in [1.165, 1.54) is 32.0 Å². The van der Waals surface area contributed by atoms with Crippen molar-refractivity contribution in [1.29, 1.82) is 21.0 Å². The summed E-state index contributed by atoms with van der Waals surface area (Å²) in [6, 6.07) is 13.6. The summed E-state index contributed by atoms with van der Waals surface area (Å²) in [5.41, 5.74) is -2.38. The topological polar surface area (TPSA) is 95.2 Å². The molecule has 0 unspecified atom stereocenters. The number of aryl methyl sites for hydroxylation is 2. The minimum absolute atomic E-state index is 0.0137. The molecule has 194 valence electrons. The Morgan fingerprint density at radius 1 is 0.550 bits per heavy atom. The number of allylic oxidation sites excluding steroid dienone is 2. The van der Waals surface area contributed by atoms with E-state index in [0.29, 0.717) is 0 Å². The third-order valence-electron chi connectivity index (χ3n) is 6.97. The van der Waals surface area contributed by atoms with Gasteiger partial charge in [-0.15, -0.1) is 0 Å². The second-order valence-electron chi connectivity index (χ2n) is 9.34. The van der Waals surface area contributed by atoms with Crippen LogP contribution in [0.15, 0.2) is 47.5 Å². The summed E-state index contributed by atoms with van der Waals surface area (Å²) in [5, 5.41) is 38.7. The van der Waals surface area contributed by atoms with E-state index in [0.717, 1.165) is 18.2 Å². The highest BCUT2D eigenvalue weighted by Gasteiger charge is 2.42. The lowest BCUT2D eigenvalue weighted by molar-refractivity contribution is -0.138. The molecule has 0 atom stereocenters. The molecule has 0 saturated heterocycles. The highest BCUT2D eigenvalue weighted by atomic mass is 19.4. The van der Waals surface area contributed by atoms with E-state index >= 15 is 0 Å². The first-order chi connectivity index (χ1) is 18.8. The van der Waals surface area contributed by atoms with E-state index < -0.39 is 34.6 Å². The quantitative estimate of drug-likeness (QED) is 0.146. The number of benzene rings is 3. The molecule has 0 aliphatic heterocycles. The number of hydrogen-bond acceptors (Lipinski definition) is 4. The SMILES string of the molecule is Cc1cc2c(c(C(F)(F)F)c1)-c1cc3c(cc1C2=C(C#N)C#N)-c1c(C)cc(C(F)(F)F)cc1C3=C(C#N)C#N. The largest absolute Gasteiger partial charge is 0.417 e. The molecule has 0 fully saturated rings. The van der Waals surface area contributed by atoms with Gasteiger partial charge >= 0.3 is 12.4 Å². The smallest absolute Gasteiger partial charge is 0.192 e. The fourth-order valence-corrected chi connectivity index (χ4v) is 5.53. The molecule has 40 heavy (non-hydrogen) atoms. The van der Waals surface area contributed by atoms with Gasteiger partial charge in [-0.3, -0.25) is 0 Å². The minimum Gasteiger partial charge on any atom is -0.192 e. The van der Waals surface area contributed by atoms with Crippen molar-refractivity contribution in [2.45, 2.75) is 26.2 Å². The van der Waals surface area contributed by atoms with Crippen molar-refractivity contribution in [3.63, 3.8) is 0 Å². The number of alkyl halides is 6. The number of hydrogen-bond donors (Lipinski definition) is 0. The van der Waals surface area contributed by atoms with Gasteiger partial charge in [0.25, 0.3) is 0 Å². The van der Waals surface area contributed by atoms with Crippen molar-refractivity contribution in [2.75, 3.05) is 0 Å². The van der Waals surface area contributed by atoms with Gasteiger partial charge in [-0.1, -0.05) is 6.07 Å².